The summed E-state index contributed by atoms with van der Waals surface area (Å²) in [4.78, 5) is 0. The first kappa shape index (κ1) is 13.2. The predicted molar refractivity (Wildman–Crippen MR) is 78.7 cm³/mol. The van der Waals surface area contributed by atoms with Gasteiger partial charge in [-0.05, 0) is 11.6 Å². The fourth-order valence-corrected chi connectivity index (χ4v) is 2.72. The third-order valence-corrected chi connectivity index (χ3v) is 3.69. The van der Waals surface area contributed by atoms with E-state index >= 15 is 0 Å². The molecule has 2 aromatic carbocycles. The zero-order valence-corrected chi connectivity index (χ0v) is 11.3. The zero-order valence-electron chi connectivity index (χ0n) is 11.3. The van der Waals surface area contributed by atoms with E-state index in [0.717, 1.165) is 12.2 Å². The summed E-state index contributed by atoms with van der Waals surface area (Å²) in [5.74, 6) is 0.933. The quantitative estimate of drug-likeness (QED) is 0.896. The minimum Gasteiger partial charge on any atom is -0.485 e. The first-order valence-electron chi connectivity index (χ1n) is 7.03. The highest BCUT2D eigenvalue weighted by atomic mass is 16.5. The molecule has 3 nitrogen and oxygen atoms in total. The molecule has 0 bridgehead atoms. The van der Waals surface area contributed by atoms with Gasteiger partial charge in [0.15, 0.2) is 0 Å². The molecule has 0 aromatic heterocycles. The average molecular weight is 269 g/mol. The van der Waals surface area contributed by atoms with Gasteiger partial charge in [0.05, 0.1) is 6.61 Å². The van der Waals surface area contributed by atoms with Crippen molar-refractivity contribution in [3.05, 3.63) is 65.7 Å². The van der Waals surface area contributed by atoms with Gasteiger partial charge in [-0.3, -0.25) is 0 Å². The third-order valence-electron chi connectivity index (χ3n) is 3.69. The number of hydrogen-bond donors (Lipinski definition) is 2. The zero-order chi connectivity index (χ0) is 13.8. The summed E-state index contributed by atoms with van der Waals surface area (Å²) >= 11 is 0. The molecule has 0 saturated heterocycles. The van der Waals surface area contributed by atoms with Crippen LogP contribution >= 0.6 is 0 Å². The first-order chi connectivity index (χ1) is 9.88. The van der Waals surface area contributed by atoms with Gasteiger partial charge in [0, 0.05) is 24.6 Å². The highest BCUT2D eigenvalue weighted by Gasteiger charge is 2.28. The number of aliphatic hydroxyl groups excluding tert-OH is 1. The van der Waals surface area contributed by atoms with Crippen molar-refractivity contribution in [2.75, 3.05) is 13.2 Å². The molecule has 0 fully saturated rings. The molecule has 1 aliphatic heterocycles. The molecule has 2 N–H and O–H groups in total. The summed E-state index contributed by atoms with van der Waals surface area (Å²) in [6.45, 7) is 0.746. The van der Waals surface area contributed by atoms with Crippen molar-refractivity contribution in [3.8, 4) is 5.75 Å². The van der Waals surface area contributed by atoms with Gasteiger partial charge in [-0.15, -0.1) is 0 Å². The Morgan fingerprint density at radius 1 is 1.05 bits per heavy atom. The third kappa shape index (κ3) is 2.69. The summed E-state index contributed by atoms with van der Waals surface area (Å²) in [5.41, 5.74) is 2.37. The van der Waals surface area contributed by atoms with Crippen LogP contribution < -0.4 is 10.1 Å². The van der Waals surface area contributed by atoms with Gasteiger partial charge in [0.1, 0.15) is 11.9 Å². The number of ether oxygens (including phenoxy) is 1. The van der Waals surface area contributed by atoms with Crippen molar-refractivity contribution in [2.45, 2.75) is 18.6 Å². The van der Waals surface area contributed by atoms with Gasteiger partial charge < -0.3 is 15.2 Å². The second kappa shape index (κ2) is 6.07. The molecule has 1 aliphatic rings. The van der Waals surface area contributed by atoms with E-state index in [4.69, 9.17) is 9.84 Å². The Kier molecular flexibility index (Phi) is 4.00. The Morgan fingerprint density at radius 2 is 1.80 bits per heavy atom. The molecule has 2 atom stereocenters. The predicted octanol–water partition coefficient (Wildman–Crippen LogP) is 2.83. The lowest BCUT2D eigenvalue weighted by molar-refractivity contribution is 0.148. The lowest BCUT2D eigenvalue weighted by Crippen LogP contribution is -2.30. The number of hydrogen-bond acceptors (Lipinski definition) is 3. The van der Waals surface area contributed by atoms with Gasteiger partial charge in [-0.1, -0.05) is 48.5 Å². The van der Waals surface area contributed by atoms with E-state index in [9.17, 15) is 0 Å². The van der Waals surface area contributed by atoms with Crippen LogP contribution in [0.2, 0.25) is 0 Å². The van der Waals surface area contributed by atoms with Crippen LogP contribution in [0.1, 0.15) is 29.7 Å². The second-order valence-corrected chi connectivity index (χ2v) is 5.02. The van der Waals surface area contributed by atoms with Crippen molar-refractivity contribution in [1.29, 1.82) is 0 Å². The van der Waals surface area contributed by atoms with Crippen molar-refractivity contribution in [1.82, 2.24) is 5.32 Å². The van der Waals surface area contributed by atoms with Gasteiger partial charge in [-0.2, -0.15) is 0 Å². The Hall–Kier alpha value is -1.84. The molecule has 0 aliphatic carbocycles. The molecule has 0 radical (unpaired) electrons. The summed E-state index contributed by atoms with van der Waals surface area (Å²) in [5, 5.41) is 12.4. The van der Waals surface area contributed by atoms with Crippen LogP contribution in [0.4, 0.5) is 0 Å². The highest BCUT2D eigenvalue weighted by Crippen LogP contribution is 2.40. The topological polar surface area (TPSA) is 41.5 Å². The van der Waals surface area contributed by atoms with E-state index < -0.39 is 0 Å². The maximum Gasteiger partial charge on any atom is 0.126 e. The molecule has 20 heavy (non-hydrogen) atoms. The second-order valence-electron chi connectivity index (χ2n) is 5.02. The average Bonchev–Trinajstić information content (AvgIpc) is 2.53. The number of para-hydroxylation sites is 1. The van der Waals surface area contributed by atoms with E-state index in [1.807, 2.05) is 36.4 Å². The number of rotatable bonds is 4. The van der Waals surface area contributed by atoms with Gasteiger partial charge in [-0.25, -0.2) is 0 Å². The van der Waals surface area contributed by atoms with Crippen LogP contribution in [0, 0.1) is 0 Å². The van der Waals surface area contributed by atoms with Gasteiger partial charge in [0.25, 0.3) is 0 Å². The van der Waals surface area contributed by atoms with Crippen LogP contribution in [-0.4, -0.2) is 18.3 Å². The molecule has 104 valence electrons. The van der Waals surface area contributed by atoms with Crippen molar-refractivity contribution >= 4 is 0 Å². The largest absolute Gasteiger partial charge is 0.485 e. The number of fused-ring (bicyclic) bond motifs is 1. The molecular formula is C17H19NO2. The highest BCUT2D eigenvalue weighted by molar-refractivity contribution is 5.39. The Bertz CT molecular complexity index is 556. The van der Waals surface area contributed by atoms with E-state index in [1.54, 1.807) is 0 Å². The minimum atomic E-state index is 0.0577. The fourth-order valence-electron chi connectivity index (χ4n) is 2.72. The van der Waals surface area contributed by atoms with Crippen LogP contribution in [0.15, 0.2) is 54.6 Å². The molecule has 0 amide bonds. The van der Waals surface area contributed by atoms with E-state index in [2.05, 4.69) is 23.5 Å². The van der Waals surface area contributed by atoms with Crippen LogP contribution in [0.5, 0.6) is 5.75 Å². The van der Waals surface area contributed by atoms with Crippen LogP contribution in [0.25, 0.3) is 0 Å². The van der Waals surface area contributed by atoms with E-state index in [1.165, 1.54) is 11.1 Å². The molecule has 1 heterocycles. The van der Waals surface area contributed by atoms with Gasteiger partial charge in [0.2, 0.25) is 0 Å². The molecule has 2 aromatic rings. The standard InChI is InChI=1S/C17H19NO2/c19-11-10-18-15-12-17(13-6-2-1-3-7-13)20-16-9-5-4-8-14(15)16/h1-9,15,17-19H,10-12H2/t15-,17+/m1/s1. The minimum absolute atomic E-state index is 0.0577. The summed E-state index contributed by atoms with van der Waals surface area (Å²) in [6.07, 6.45) is 0.934. The van der Waals surface area contributed by atoms with Crippen molar-refractivity contribution in [2.24, 2.45) is 0 Å². The smallest absolute Gasteiger partial charge is 0.126 e. The Labute approximate surface area is 119 Å². The molecule has 3 rings (SSSR count). The molecule has 3 heteroatoms. The summed E-state index contributed by atoms with van der Waals surface area (Å²) in [7, 11) is 0. The molecule has 0 unspecified atom stereocenters. The Morgan fingerprint density at radius 3 is 2.60 bits per heavy atom. The summed E-state index contributed by atoms with van der Waals surface area (Å²) in [6, 6.07) is 18.6. The van der Waals surface area contributed by atoms with Crippen molar-refractivity contribution < 1.29 is 9.84 Å². The maximum absolute atomic E-state index is 9.03. The maximum atomic E-state index is 9.03. The van der Waals surface area contributed by atoms with E-state index in [-0.39, 0.29) is 18.8 Å². The number of aliphatic hydroxyl groups is 1. The Balaban J connectivity index is 1.88. The van der Waals surface area contributed by atoms with Gasteiger partial charge >= 0.3 is 0 Å². The van der Waals surface area contributed by atoms with Crippen LogP contribution in [0.3, 0.4) is 0 Å². The van der Waals surface area contributed by atoms with Crippen LogP contribution in [-0.2, 0) is 0 Å². The number of nitrogens with one attached hydrogen (secondary N) is 1. The SMILES string of the molecule is OCCN[C@@H]1C[C@@H](c2ccccc2)Oc2ccccc21. The monoisotopic (exact) mass is 269 g/mol. The number of benzene rings is 2. The van der Waals surface area contributed by atoms with Crippen molar-refractivity contribution in [3.63, 3.8) is 0 Å². The molecular weight excluding hydrogens is 250 g/mol. The molecule has 0 saturated carbocycles. The molecule has 0 spiro atoms. The fraction of sp³-hybridized carbons (Fsp3) is 0.294. The van der Waals surface area contributed by atoms with E-state index in [0.29, 0.717) is 6.54 Å². The lowest BCUT2D eigenvalue weighted by Gasteiger charge is -2.33. The summed E-state index contributed by atoms with van der Waals surface area (Å²) < 4.78 is 6.13. The first-order valence-corrected chi connectivity index (χ1v) is 7.03. The lowest BCUT2D eigenvalue weighted by atomic mass is 9.93. The normalized spacial score (nSPS) is 21.1.